The normalized spacial score (nSPS) is 13.2. The van der Waals surface area contributed by atoms with Gasteiger partial charge in [0.15, 0.2) is 28.8 Å². The van der Waals surface area contributed by atoms with Crippen LogP contribution in [-0.2, 0) is 5.41 Å². The molecule has 3 heterocycles. The van der Waals surface area contributed by atoms with Crippen molar-refractivity contribution in [1.82, 2.24) is 15.0 Å². The molecule has 1 aliphatic carbocycles. The first-order chi connectivity index (χ1) is 28.3. The van der Waals surface area contributed by atoms with Crippen LogP contribution >= 0.6 is 0 Å². The van der Waals surface area contributed by atoms with Gasteiger partial charge in [-0.1, -0.05) is 164 Å². The van der Waals surface area contributed by atoms with E-state index in [1.807, 2.05) is 54.6 Å². The minimum absolute atomic E-state index is 0.566. The summed E-state index contributed by atoms with van der Waals surface area (Å²) in [6.07, 6.45) is 0. The van der Waals surface area contributed by atoms with Gasteiger partial charge in [-0.25, -0.2) is 15.0 Å². The molecule has 12 rings (SSSR count). The minimum atomic E-state index is -0.588. The molecule has 0 atom stereocenters. The van der Waals surface area contributed by atoms with Crippen LogP contribution in [-0.4, -0.2) is 15.0 Å². The van der Waals surface area contributed by atoms with Crippen LogP contribution in [0, 0.1) is 0 Å². The largest absolute Gasteiger partial charge is 0.453 e. The van der Waals surface area contributed by atoms with Gasteiger partial charge in [0.05, 0.1) is 5.41 Å². The Morgan fingerprint density at radius 3 is 1.70 bits per heavy atom. The van der Waals surface area contributed by atoms with E-state index in [-0.39, 0.29) is 0 Å². The summed E-state index contributed by atoms with van der Waals surface area (Å²) in [5.41, 5.74) is 12.8. The Morgan fingerprint density at radius 1 is 0.386 bits per heavy atom. The van der Waals surface area contributed by atoms with Crippen molar-refractivity contribution in [3.63, 3.8) is 0 Å². The maximum atomic E-state index is 6.95. The second-order valence-electron chi connectivity index (χ2n) is 14.7. The standard InChI is InChI=1S/C52H31N3O2/c1-3-15-32(16-4-1)34-19-13-20-35(31-34)50-53-49(33-17-5-2-6-18-33)54-51(55-50)39-23-14-28-45-46(39)38-29-30-43-48(47(38)57-45)56-44-27-12-11-26-42(44)52(43)40-24-9-7-21-36(40)37-22-8-10-25-41(37)52/h1-31H. The fraction of sp³-hybridized carbons (Fsp3) is 0.0192. The fourth-order valence-corrected chi connectivity index (χ4v) is 9.19. The number of nitrogens with zero attached hydrogens (tertiary/aromatic N) is 3. The van der Waals surface area contributed by atoms with Crippen molar-refractivity contribution < 1.29 is 9.15 Å². The molecule has 2 aromatic heterocycles. The van der Waals surface area contributed by atoms with Crippen LogP contribution in [0.25, 0.3) is 78.4 Å². The number of aromatic nitrogens is 3. The molecule has 57 heavy (non-hydrogen) atoms. The zero-order chi connectivity index (χ0) is 37.5. The highest BCUT2D eigenvalue weighted by molar-refractivity contribution is 6.14. The van der Waals surface area contributed by atoms with Gasteiger partial charge in [0.1, 0.15) is 11.3 Å². The van der Waals surface area contributed by atoms with Gasteiger partial charge in [-0.3, -0.25) is 0 Å². The Morgan fingerprint density at radius 2 is 0.947 bits per heavy atom. The summed E-state index contributed by atoms with van der Waals surface area (Å²) in [4.78, 5) is 15.4. The molecular formula is C52H31N3O2. The third-order valence-electron chi connectivity index (χ3n) is 11.6. The zero-order valence-electron chi connectivity index (χ0n) is 30.6. The van der Waals surface area contributed by atoms with Gasteiger partial charge >= 0.3 is 0 Å². The van der Waals surface area contributed by atoms with Crippen LogP contribution in [0.15, 0.2) is 192 Å². The third-order valence-corrected chi connectivity index (χ3v) is 11.6. The lowest BCUT2D eigenvalue weighted by atomic mass is 9.66. The van der Waals surface area contributed by atoms with Crippen LogP contribution < -0.4 is 4.74 Å². The highest BCUT2D eigenvalue weighted by atomic mass is 16.5. The third kappa shape index (κ3) is 4.60. The van der Waals surface area contributed by atoms with Gasteiger partial charge in [0.2, 0.25) is 0 Å². The molecule has 2 aliphatic rings. The van der Waals surface area contributed by atoms with Crippen LogP contribution in [0.5, 0.6) is 11.5 Å². The number of ether oxygens (including phenoxy) is 1. The summed E-state index contributed by atoms with van der Waals surface area (Å²) in [6.45, 7) is 0. The van der Waals surface area contributed by atoms with Crippen molar-refractivity contribution in [3.8, 4) is 67.9 Å². The Balaban J connectivity index is 1.10. The summed E-state index contributed by atoms with van der Waals surface area (Å²) >= 11 is 0. The molecule has 0 unspecified atom stereocenters. The van der Waals surface area contributed by atoms with Crippen LogP contribution in [0.4, 0.5) is 0 Å². The maximum Gasteiger partial charge on any atom is 0.178 e. The lowest BCUT2D eigenvalue weighted by Crippen LogP contribution is -2.32. The summed E-state index contributed by atoms with van der Waals surface area (Å²) < 4.78 is 13.9. The summed E-state index contributed by atoms with van der Waals surface area (Å²) in [7, 11) is 0. The van der Waals surface area contributed by atoms with Gasteiger partial charge in [-0.2, -0.15) is 0 Å². The number of para-hydroxylation sites is 1. The smallest absolute Gasteiger partial charge is 0.178 e. The predicted octanol–water partition coefficient (Wildman–Crippen LogP) is 12.9. The van der Waals surface area contributed by atoms with E-state index in [0.717, 1.165) is 66.8 Å². The SMILES string of the molecule is c1ccc(-c2cccc(-c3nc(-c4ccccc4)nc(-c4cccc5oc6c7c(ccc6c45)C4(c5ccccc5O7)c5ccccc5-c5ccccc54)n3)c2)cc1. The lowest BCUT2D eigenvalue weighted by molar-refractivity contribution is 0.432. The second kappa shape index (κ2) is 12.2. The molecule has 10 aromatic rings. The molecule has 0 amide bonds. The number of furan rings is 1. The van der Waals surface area contributed by atoms with E-state index in [9.17, 15) is 0 Å². The average Bonchev–Trinajstić information content (AvgIpc) is 3.82. The Kier molecular flexibility index (Phi) is 6.78. The molecule has 266 valence electrons. The monoisotopic (exact) mass is 729 g/mol. The highest BCUT2D eigenvalue weighted by Gasteiger charge is 2.51. The van der Waals surface area contributed by atoms with Gasteiger partial charge in [0.25, 0.3) is 0 Å². The number of benzene rings is 8. The molecule has 0 saturated carbocycles. The number of hydrogen-bond donors (Lipinski definition) is 0. The molecule has 0 radical (unpaired) electrons. The van der Waals surface area contributed by atoms with Crippen molar-refractivity contribution >= 4 is 21.9 Å². The topological polar surface area (TPSA) is 61.0 Å². The molecule has 5 nitrogen and oxygen atoms in total. The van der Waals surface area contributed by atoms with Crippen molar-refractivity contribution in [1.29, 1.82) is 0 Å². The Hall–Kier alpha value is -7.63. The Bertz CT molecular complexity index is 3180. The molecule has 0 N–H and O–H groups in total. The van der Waals surface area contributed by atoms with E-state index in [4.69, 9.17) is 24.1 Å². The molecule has 0 fully saturated rings. The van der Waals surface area contributed by atoms with Gasteiger partial charge in [-0.15, -0.1) is 0 Å². The average molecular weight is 730 g/mol. The first-order valence-corrected chi connectivity index (χ1v) is 19.2. The molecule has 5 heteroatoms. The van der Waals surface area contributed by atoms with Gasteiger partial charge in [-0.05, 0) is 57.6 Å². The number of fused-ring (bicyclic) bond motifs is 13. The van der Waals surface area contributed by atoms with E-state index in [1.54, 1.807) is 0 Å². The summed E-state index contributed by atoms with van der Waals surface area (Å²) in [5.74, 6) is 3.30. The van der Waals surface area contributed by atoms with Crippen LogP contribution in [0.3, 0.4) is 0 Å². The van der Waals surface area contributed by atoms with E-state index in [1.165, 1.54) is 22.3 Å². The van der Waals surface area contributed by atoms with E-state index < -0.39 is 5.41 Å². The lowest BCUT2D eigenvalue weighted by Gasteiger charge is -2.39. The molecule has 1 spiro atoms. The van der Waals surface area contributed by atoms with Crippen molar-refractivity contribution in [3.05, 3.63) is 210 Å². The first-order valence-electron chi connectivity index (χ1n) is 19.2. The van der Waals surface area contributed by atoms with Gasteiger partial charge in [0, 0.05) is 38.6 Å². The predicted molar refractivity (Wildman–Crippen MR) is 226 cm³/mol. The summed E-state index contributed by atoms with van der Waals surface area (Å²) in [5, 5.41) is 1.86. The maximum absolute atomic E-state index is 6.95. The van der Waals surface area contributed by atoms with Crippen LogP contribution in [0.1, 0.15) is 22.3 Å². The number of rotatable bonds is 4. The summed E-state index contributed by atoms with van der Waals surface area (Å²) in [6, 6.07) is 65.3. The van der Waals surface area contributed by atoms with E-state index in [2.05, 4.69) is 133 Å². The number of hydrogen-bond acceptors (Lipinski definition) is 5. The Labute approximate surface area is 328 Å². The second-order valence-corrected chi connectivity index (χ2v) is 14.7. The fourth-order valence-electron chi connectivity index (χ4n) is 9.19. The van der Waals surface area contributed by atoms with Crippen molar-refractivity contribution in [2.45, 2.75) is 5.41 Å². The molecular weight excluding hydrogens is 699 g/mol. The van der Waals surface area contributed by atoms with Gasteiger partial charge < -0.3 is 9.15 Å². The molecule has 0 saturated heterocycles. The molecule has 0 bridgehead atoms. The minimum Gasteiger partial charge on any atom is -0.453 e. The highest BCUT2D eigenvalue weighted by Crippen LogP contribution is 2.63. The van der Waals surface area contributed by atoms with Crippen molar-refractivity contribution in [2.75, 3.05) is 0 Å². The van der Waals surface area contributed by atoms with E-state index >= 15 is 0 Å². The van der Waals surface area contributed by atoms with E-state index in [0.29, 0.717) is 23.1 Å². The molecule has 8 aromatic carbocycles. The van der Waals surface area contributed by atoms with Crippen LogP contribution in [0.2, 0.25) is 0 Å². The first kappa shape index (κ1) is 31.7. The van der Waals surface area contributed by atoms with Crippen molar-refractivity contribution in [2.24, 2.45) is 0 Å². The zero-order valence-corrected chi connectivity index (χ0v) is 30.6. The molecule has 1 aliphatic heterocycles. The quantitative estimate of drug-likeness (QED) is 0.180.